The molecule has 0 aliphatic carbocycles. The standard InChI is InChI=1S/C18H22N6O3/c1-3-16-20-15(22-26-16)11-25-13-6-4-12(5-7-13)18-21-17(23-27-18)14-10-19-8-9-24(14)2/h4-7,14,19H,3,8-11H2,1-2H3. The maximum absolute atomic E-state index is 5.69. The number of benzene rings is 1. The molecule has 2 aromatic heterocycles. The van der Waals surface area contributed by atoms with Gasteiger partial charge in [-0.3, -0.25) is 4.90 Å². The van der Waals surface area contributed by atoms with Crippen molar-refractivity contribution in [1.82, 2.24) is 30.5 Å². The van der Waals surface area contributed by atoms with Gasteiger partial charge < -0.3 is 19.1 Å². The first-order valence-electron chi connectivity index (χ1n) is 9.02. The van der Waals surface area contributed by atoms with Gasteiger partial charge >= 0.3 is 0 Å². The van der Waals surface area contributed by atoms with Crippen LogP contribution in [0.1, 0.15) is 30.5 Å². The summed E-state index contributed by atoms with van der Waals surface area (Å²) >= 11 is 0. The van der Waals surface area contributed by atoms with Gasteiger partial charge in [0.2, 0.25) is 11.7 Å². The molecule has 4 rings (SSSR count). The van der Waals surface area contributed by atoms with Crippen molar-refractivity contribution >= 4 is 0 Å². The summed E-state index contributed by atoms with van der Waals surface area (Å²) < 4.78 is 16.2. The molecule has 1 unspecified atom stereocenters. The van der Waals surface area contributed by atoms with E-state index < -0.39 is 0 Å². The Morgan fingerprint density at radius 1 is 1.19 bits per heavy atom. The summed E-state index contributed by atoms with van der Waals surface area (Å²) in [6.07, 6.45) is 0.709. The third-order valence-electron chi connectivity index (χ3n) is 4.53. The Morgan fingerprint density at radius 2 is 2.04 bits per heavy atom. The molecule has 0 bridgehead atoms. The summed E-state index contributed by atoms with van der Waals surface area (Å²) in [5.74, 6) is 3.04. The van der Waals surface area contributed by atoms with E-state index in [9.17, 15) is 0 Å². The molecule has 3 heterocycles. The first-order chi connectivity index (χ1) is 13.2. The fourth-order valence-electron chi connectivity index (χ4n) is 2.92. The normalized spacial score (nSPS) is 17.9. The largest absolute Gasteiger partial charge is 0.485 e. The van der Waals surface area contributed by atoms with Gasteiger partial charge in [-0.15, -0.1) is 0 Å². The van der Waals surface area contributed by atoms with Gasteiger partial charge in [-0.2, -0.15) is 9.97 Å². The molecule has 1 saturated heterocycles. The number of ether oxygens (including phenoxy) is 1. The van der Waals surface area contributed by atoms with Gasteiger partial charge in [0.25, 0.3) is 5.89 Å². The van der Waals surface area contributed by atoms with Crippen LogP contribution in [0.25, 0.3) is 11.5 Å². The SMILES string of the molecule is CCc1nc(COc2ccc(-c3nc(C4CNCCN4C)no3)cc2)no1. The van der Waals surface area contributed by atoms with E-state index in [-0.39, 0.29) is 12.6 Å². The lowest BCUT2D eigenvalue weighted by Crippen LogP contribution is -2.44. The van der Waals surface area contributed by atoms with Crippen LogP contribution in [0, 0.1) is 0 Å². The average Bonchev–Trinajstić information content (AvgIpc) is 3.37. The average molecular weight is 370 g/mol. The number of aromatic nitrogens is 4. The summed E-state index contributed by atoms with van der Waals surface area (Å²) in [5, 5.41) is 11.4. The summed E-state index contributed by atoms with van der Waals surface area (Å²) in [4.78, 5) is 11.0. The minimum absolute atomic E-state index is 0.127. The van der Waals surface area contributed by atoms with Gasteiger partial charge in [-0.1, -0.05) is 17.2 Å². The molecule has 0 spiro atoms. The number of rotatable bonds is 6. The van der Waals surface area contributed by atoms with Crippen LogP contribution < -0.4 is 10.1 Å². The first-order valence-corrected chi connectivity index (χ1v) is 9.02. The van der Waals surface area contributed by atoms with E-state index >= 15 is 0 Å². The van der Waals surface area contributed by atoms with Crippen LogP contribution in [0.3, 0.4) is 0 Å². The molecule has 1 fully saturated rings. The fourth-order valence-corrected chi connectivity index (χ4v) is 2.92. The maximum atomic E-state index is 5.69. The molecule has 0 radical (unpaired) electrons. The van der Waals surface area contributed by atoms with Crippen molar-refractivity contribution in [1.29, 1.82) is 0 Å². The molecule has 9 heteroatoms. The van der Waals surface area contributed by atoms with Crippen molar-refractivity contribution < 1.29 is 13.8 Å². The first kappa shape index (κ1) is 17.6. The van der Waals surface area contributed by atoms with E-state index in [1.807, 2.05) is 31.2 Å². The molecule has 0 saturated carbocycles. The van der Waals surface area contributed by atoms with Gasteiger partial charge in [0.15, 0.2) is 12.4 Å². The zero-order valence-electron chi connectivity index (χ0n) is 15.4. The lowest BCUT2D eigenvalue weighted by atomic mass is 10.2. The van der Waals surface area contributed by atoms with Crippen molar-refractivity contribution in [3.63, 3.8) is 0 Å². The molecule has 27 heavy (non-hydrogen) atoms. The molecule has 1 N–H and O–H groups in total. The molecule has 9 nitrogen and oxygen atoms in total. The van der Waals surface area contributed by atoms with Crippen molar-refractivity contribution in [2.24, 2.45) is 0 Å². The summed E-state index contributed by atoms with van der Waals surface area (Å²) in [6, 6.07) is 7.62. The van der Waals surface area contributed by atoms with Crippen molar-refractivity contribution in [2.45, 2.75) is 26.0 Å². The van der Waals surface area contributed by atoms with E-state index in [1.54, 1.807) is 0 Å². The predicted molar refractivity (Wildman–Crippen MR) is 96.0 cm³/mol. The molecular weight excluding hydrogens is 348 g/mol. The van der Waals surface area contributed by atoms with E-state index in [4.69, 9.17) is 13.8 Å². The van der Waals surface area contributed by atoms with Gasteiger partial charge in [-0.25, -0.2) is 0 Å². The highest BCUT2D eigenvalue weighted by Gasteiger charge is 2.25. The Balaban J connectivity index is 1.40. The second-order valence-corrected chi connectivity index (χ2v) is 6.43. The summed E-state index contributed by atoms with van der Waals surface area (Å²) in [6.45, 7) is 4.97. The van der Waals surface area contributed by atoms with Crippen molar-refractivity contribution in [3.8, 4) is 17.2 Å². The van der Waals surface area contributed by atoms with Crippen LogP contribution in [0.4, 0.5) is 0 Å². The predicted octanol–water partition coefficient (Wildman–Crippen LogP) is 1.84. The fraction of sp³-hybridized carbons (Fsp3) is 0.444. The molecular formula is C18H22N6O3. The zero-order valence-corrected chi connectivity index (χ0v) is 15.4. The molecule has 0 amide bonds. The van der Waals surface area contributed by atoms with E-state index in [0.717, 1.165) is 25.2 Å². The zero-order chi connectivity index (χ0) is 18.6. The lowest BCUT2D eigenvalue weighted by molar-refractivity contribution is 0.190. The Hall–Kier alpha value is -2.78. The number of nitrogens with zero attached hydrogens (tertiary/aromatic N) is 5. The number of piperazine rings is 1. The van der Waals surface area contributed by atoms with Gasteiger partial charge in [0.1, 0.15) is 5.75 Å². The molecule has 1 aromatic carbocycles. The molecule has 142 valence electrons. The maximum Gasteiger partial charge on any atom is 0.257 e. The van der Waals surface area contributed by atoms with Crippen LogP contribution >= 0.6 is 0 Å². The number of aryl methyl sites for hydroxylation is 1. The Kier molecular flexibility index (Phi) is 5.12. The van der Waals surface area contributed by atoms with Gasteiger partial charge in [0.05, 0.1) is 6.04 Å². The number of hydrogen-bond donors (Lipinski definition) is 1. The van der Waals surface area contributed by atoms with Crippen LogP contribution in [0.15, 0.2) is 33.3 Å². The molecule has 3 aromatic rings. The highest BCUT2D eigenvalue weighted by molar-refractivity contribution is 5.54. The van der Waals surface area contributed by atoms with Crippen LogP contribution in [-0.2, 0) is 13.0 Å². The van der Waals surface area contributed by atoms with Crippen molar-refractivity contribution in [2.75, 3.05) is 26.7 Å². The van der Waals surface area contributed by atoms with Crippen molar-refractivity contribution in [3.05, 3.63) is 41.8 Å². The van der Waals surface area contributed by atoms with Crippen LogP contribution in [-0.4, -0.2) is 51.9 Å². The van der Waals surface area contributed by atoms with E-state index in [0.29, 0.717) is 35.6 Å². The Labute approximate surface area is 156 Å². The molecule has 1 atom stereocenters. The third-order valence-corrected chi connectivity index (χ3v) is 4.53. The second-order valence-electron chi connectivity index (χ2n) is 6.43. The highest BCUT2D eigenvalue weighted by atomic mass is 16.5. The molecule has 1 aliphatic heterocycles. The summed E-state index contributed by atoms with van der Waals surface area (Å²) in [5.41, 5.74) is 0.848. The highest BCUT2D eigenvalue weighted by Crippen LogP contribution is 2.24. The van der Waals surface area contributed by atoms with Gasteiger partial charge in [-0.05, 0) is 31.3 Å². The van der Waals surface area contributed by atoms with Crippen LogP contribution in [0.5, 0.6) is 5.75 Å². The molecule has 1 aliphatic rings. The van der Waals surface area contributed by atoms with Crippen LogP contribution in [0.2, 0.25) is 0 Å². The second kappa shape index (κ2) is 7.85. The smallest absolute Gasteiger partial charge is 0.257 e. The number of nitrogens with one attached hydrogen (secondary N) is 1. The quantitative estimate of drug-likeness (QED) is 0.696. The third kappa shape index (κ3) is 3.99. The Bertz CT molecular complexity index is 875. The lowest BCUT2D eigenvalue weighted by Gasteiger charge is -2.30. The number of likely N-dealkylation sites (N-methyl/N-ethyl adjacent to an activating group) is 1. The minimum Gasteiger partial charge on any atom is -0.485 e. The van der Waals surface area contributed by atoms with Gasteiger partial charge in [0, 0.05) is 31.6 Å². The van der Waals surface area contributed by atoms with E-state index in [2.05, 4.69) is 37.5 Å². The minimum atomic E-state index is 0.127. The summed E-state index contributed by atoms with van der Waals surface area (Å²) in [7, 11) is 2.07. The Morgan fingerprint density at radius 3 is 2.78 bits per heavy atom. The van der Waals surface area contributed by atoms with E-state index in [1.165, 1.54) is 0 Å². The monoisotopic (exact) mass is 370 g/mol. The number of hydrogen-bond acceptors (Lipinski definition) is 9. The topological polar surface area (TPSA) is 102 Å².